The minimum absolute atomic E-state index is 0.0339. The van der Waals surface area contributed by atoms with Crippen LogP contribution in [0.4, 0.5) is 0 Å². The smallest absolute Gasteiger partial charge is 0.292 e. The molecular formula is C12H13N5O2. The van der Waals surface area contributed by atoms with Crippen molar-refractivity contribution >= 4 is 5.91 Å². The molecule has 1 aliphatic rings. The van der Waals surface area contributed by atoms with Gasteiger partial charge in [0.2, 0.25) is 0 Å². The highest BCUT2D eigenvalue weighted by molar-refractivity contribution is 5.91. The molecule has 3 N–H and O–H groups in total. The van der Waals surface area contributed by atoms with E-state index in [0.29, 0.717) is 12.2 Å². The van der Waals surface area contributed by atoms with Crippen LogP contribution in [-0.4, -0.2) is 27.1 Å². The maximum Gasteiger partial charge on any atom is 0.292 e. The molecule has 0 saturated heterocycles. The molecule has 2 aromatic heterocycles. The average Bonchev–Trinajstić information content (AvgIpc) is 3.11. The van der Waals surface area contributed by atoms with Gasteiger partial charge >= 0.3 is 0 Å². The van der Waals surface area contributed by atoms with Gasteiger partial charge in [0.15, 0.2) is 0 Å². The number of nitrogens with one attached hydrogen (secondary N) is 1. The Morgan fingerprint density at radius 1 is 1.47 bits per heavy atom. The fraction of sp³-hybridized carbons (Fsp3) is 0.333. The molecule has 2 heterocycles. The molecule has 1 saturated carbocycles. The molecule has 3 rings (SSSR count). The van der Waals surface area contributed by atoms with Gasteiger partial charge in [0.1, 0.15) is 5.69 Å². The first kappa shape index (κ1) is 11.8. The highest BCUT2D eigenvalue weighted by Crippen LogP contribution is 2.19. The van der Waals surface area contributed by atoms with Crippen LogP contribution in [0, 0.1) is 0 Å². The molecule has 1 fully saturated rings. The lowest BCUT2D eigenvalue weighted by atomic mass is 10.2. The van der Waals surface area contributed by atoms with Crippen molar-refractivity contribution in [2.24, 2.45) is 5.73 Å². The first-order valence-corrected chi connectivity index (χ1v) is 6.06. The van der Waals surface area contributed by atoms with Crippen molar-refractivity contribution < 1.29 is 9.32 Å². The highest BCUT2D eigenvalue weighted by Gasteiger charge is 2.26. The maximum absolute atomic E-state index is 11.7. The van der Waals surface area contributed by atoms with Gasteiger partial charge in [-0.2, -0.15) is 4.98 Å². The van der Waals surface area contributed by atoms with Crippen molar-refractivity contribution in [3.05, 3.63) is 29.7 Å². The second kappa shape index (κ2) is 4.77. The predicted octanol–water partition coefficient (Wildman–Crippen LogP) is 0.482. The van der Waals surface area contributed by atoms with E-state index in [0.717, 1.165) is 18.4 Å². The summed E-state index contributed by atoms with van der Waals surface area (Å²) in [5, 5.41) is 6.45. The number of aromatic nitrogens is 3. The van der Waals surface area contributed by atoms with E-state index in [-0.39, 0.29) is 23.7 Å². The molecule has 7 nitrogen and oxygen atoms in total. The van der Waals surface area contributed by atoms with E-state index in [1.54, 1.807) is 12.3 Å². The summed E-state index contributed by atoms with van der Waals surface area (Å²) in [5.41, 5.74) is 6.93. The van der Waals surface area contributed by atoms with Crippen LogP contribution in [-0.2, 0) is 6.54 Å². The largest absolute Gasteiger partial charge is 0.346 e. The van der Waals surface area contributed by atoms with Crippen LogP contribution in [0.3, 0.4) is 0 Å². The first-order valence-electron chi connectivity index (χ1n) is 6.06. The standard InChI is InChI=1S/C12H13N5O2/c13-5-7-1-4-9(14-6-7)12-16-10(17-19-12)11(18)15-8-2-3-8/h1,4,6,8H,2-3,5,13H2,(H,15,18). The summed E-state index contributed by atoms with van der Waals surface area (Å²) in [6.45, 7) is 0.423. The summed E-state index contributed by atoms with van der Waals surface area (Å²) in [5.74, 6) is -0.0489. The lowest BCUT2D eigenvalue weighted by molar-refractivity contribution is 0.0937. The van der Waals surface area contributed by atoms with Crippen molar-refractivity contribution in [3.8, 4) is 11.6 Å². The third-order valence-corrected chi connectivity index (χ3v) is 2.82. The van der Waals surface area contributed by atoms with Crippen LogP contribution >= 0.6 is 0 Å². The lowest BCUT2D eigenvalue weighted by Gasteiger charge is -1.97. The van der Waals surface area contributed by atoms with Gasteiger partial charge < -0.3 is 15.6 Å². The van der Waals surface area contributed by atoms with E-state index < -0.39 is 0 Å². The Balaban J connectivity index is 1.77. The van der Waals surface area contributed by atoms with E-state index in [4.69, 9.17) is 10.3 Å². The maximum atomic E-state index is 11.7. The highest BCUT2D eigenvalue weighted by atomic mass is 16.5. The Kier molecular flexibility index (Phi) is 2.96. The average molecular weight is 259 g/mol. The van der Waals surface area contributed by atoms with Gasteiger partial charge in [-0.3, -0.25) is 9.78 Å². The number of pyridine rings is 1. The quantitative estimate of drug-likeness (QED) is 0.827. The van der Waals surface area contributed by atoms with E-state index in [2.05, 4.69) is 20.4 Å². The van der Waals surface area contributed by atoms with Crippen LogP contribution in [0.1, 0.15) is 29.0 Å². The number of carbonyl (C=O) groups excluding carboxylic acids is 1. The SMILES string of the molecule is NCc1ccc(-c2nc(C(=O)NC3CC3)no2)nc1. The summed E-state index contributed by atoms with van der Waals surface area (Å²) in [6, 6.07) is 3.82. The number of carbonyl (C=O) groups is 1. The fourth-order valence-corrected chi connectivity index (χ4v) is 1.57. The number of rotatable bonds is 4. The van der Waals surface area contributed by atoms with Gasteiger partial charge in [-0.1, -0.05) is 11.2 Å². The summed E-state index contributed by atoms with van der Waals surface area (Å²) >= 11 is 0. The second-order valence-corrected chi connectivity index (χ2v) is 4.43. The number of hydrogen-bond donors (Lipinski definition) is 2. The minimum atomic E-state index is -0.309. The Morgan fingerprint density at radius 3 is 2.95 bits per heavy atom. The molecular weight excluding hydrogens is 246 g/mol. The Labute approximate surface area is 109 Å². The van der Waals surface area contributed by atoms with Crippen LogP contribution < -0.4 is 11.1 Å². The predicted molar refractivity (Wildman–Crippen MR) is 65.9 cm³/mol. The van der Waals surface area contributed by atoms with Crippen molar-refractivity contribution in [1.29, 1.82) is 0 Å². The second-order valence-electron chi connectivity index (χ2n) is 4.43. The summed E-state index contributed by atoms with van der Waals surface area (Å²) < 4.78 is 5.03. The number of nitrogens with zero attached hydrogens (tertiary/aromatic N) is 3. The van der Waals surface area contributed by atoms with E-state index >= 15 is 0 Å². The zero-order chi connectivity index (χ0) is 13.2. The molecule has 0 aromatic carbocycles. The molecule has 0 bridgehead atoms. The zero-order valence-corrected chi connectivity index (χ0v) is 10.2. The topological polar surface area (TPSA) is 107 Å². The third kappa shape index (κ3) is 2.60. The third-order valence-electron chi connectivity index (χ3n) is 2.82. The molecule has 0 unspecified atom stereocenters. The van der Waals surface area contributed by atoms with Gasteiger partial charge in [0, 0.05) is 18.8 Å². The Hall–Kier alpha value is -2.28. The molecule has 0 spiro atoms. The van der Waals surface area contributed by atoms with Crippen LogP contribution in [0.15, 0.2) is 22.9 Å². The van der Waals surface area contributed by atoms with Gasteiger partial charge in [0.05, 0.1) is 0 Å². The van der Waals surface area contributed by atoms with Crippen LogP contribution in [0.2, 0.25) is 0 Å². The Bertz CT molecular complexity index is 588. The van der Waals surface area contributed by atoms with Crippen LogP contribution in [0.5, 0.6) is 0 Å². The molecule has 98 valence electrons. The van der Waals surface area contributed by atoms with Crippen molar-refractivity contribution in [1.82, 2.24) is 20.4 Å². The van der Waals surface area contributed by atoms with E-state index in [1.807, 2.05) is 6.07 Å². The number of amides is 1. The molecule has 0 atom stereocenters. The normalized spacial score (nSPS) is 14.4. The van der Waals surface area contributed by atoms with Crippen molar-refractivity contribution in [3.63, 3.8) is 0 Å². The van der Waals surface area contributed by atoms with E-state index in [1.165, 1.54) is 0 Å². The monoisotopic (exact) mass is 259 g/mol. The minimum Gasteiger partial charge on any atom is -0.346 e. The van der Waals surface area contributed by atoms with Gasteiger partial charge in [-0.25, -0.2) is 0 Å². The summed E-state index contributed by atoms with van der Waals surface area (Å²) in [7, 11) is 0. The molecule has 0 aliphatic heterocycles. The molecule has 7 heteroatoms. The van der Waals surface area contributed by atoms with Gasteiger partial charge in [-0.05, 0) is 24.5 Å². The fourth-order valence-electron chi connectivity index (χ4n) is 1.57. The molecule has 2 aromatic rings. The molecule has 0 radical (unpaired) electrons. The molecule has 1 aliphatic carbocycles. The number of nitrogens with two attached hydrogens (primary N) is 1. The van der Waals surface area contributed by atoms with Crippen molar-refractivity contribution in [2.75, 3.05) is 0 Å². The van der Waals surface area contributed by atoms with Gasteiger partial charge in [0.25, 0.3) is 17.6 Å². The number of hydrogen-bond acceptors (Lipinski definition) is 6. The van der Waals surface area contributed by atoms with Crippen molar-refractivity contribution in [2.45, 2.75) is 25.4 Å². The first-order chi connectivity index (χ1) is 9.26. The summed E-state index contributed by atoms with van der Waals surface area (Å²) in [4.78, 5) is 19.9. The van der Waals surface area contributed by atoms with Gasteiger partial charge in [-0.15, -0.1) is 0 Å². The van der Waals surface area contributed by atoms with E-state index in [9.17, 15) is 4.79 Å². The summed E-state index contributed by atoms with van der Waals surface area (Å²) in [6.07, 6.45) is 3.67. The zero-order valence-electron chi connectivity index (χ0n) is 10.2. The molecule has 19 heavy (non-hydrogen) atoms. The molecule has 1 amide bonds. The lowest BCUT2D eigenvalue weighted by Crippen LogP contribution is -2.26. The Morgan fingerprint density at radius 2 is 2.32 bits per heavy atom. The van der Waals surface area contributed by atoms with Crippen LogP contribution in [0.25, 0.3) is 11.6 Å².